The summed E-state index contributed by atoms with van der Waals surface area (Å²) in [5.41, 5.74) is 0.381. The minimum Gasteiger partial charge on any atom is -0.369 e. The summed E-state index contributed by atoms with van der Waals surface area (Å²) in [5.74, 6) is 0.544. The number of rotatable bonds is 6. The third-order valence-corrected chi connectivity index (χ3v) is 3.79. The predicted molar refractivity (Wildman–Crippen MR) is 75.2 cm³/mol. The molecule has 1 amide bonds. The molecule has 0 atom stereocenters. The lowest BCUT2D eigenvalue weighted by Gasteiger charge is -2.41. The summed E-state index contributed by atoms with van der Waals surface area (Å²) in [6.07, 6.45) is 8.47. The molecule has 1 aromatic heterocycles. The zero-order valence-corrected chi connectivity index (χ0v) is 11.7. The third kappa shape index (κ3) is 3.22. The third-order valence-electron chi connectivity index (χ3n) is 3.79. The number of nitrogens with one attached hydrogen (secondary N) is 2. The van der Waals surface area contributed by atoms with E-state index in [1.165, 1.54) is 12.6 Å². The highest BCUT2D eigenvalue weighted by atomic mass is 16.2. The van der Waals surface area contributed by atoms with Crippen LogP contribution in [0.15, 0.2) is 12.4 Å². The summed E-state index contributed by atoms with van der Waals surface area (Å²) in [7, 11) is 0. The highest BCUT2D eigenvalue weighted by Crippen LogP contribution is 2.34. The second-order valence-corrected chi connectivity index (χ2v) is 5.16. The van der Waals surface area contributed by atoms with Crippen molar-refractivity contribution in [2.45, 2.75) is 51.5 Å². The molecule has 1 aromatic rings. The van der Waals surface area contributed by atoms with Crippen molar-refractivity contribution in [1.82, 2.24) is 15.3 Å². The highest BCUT2D eigenvalue weighted by Gasteiger charge is 2.36. The fourth-order valence-corrected chi connectivity index (χ4v) is 2.29. The fraction of sp³-hybridized carbons (Fsp3) is 0.643. The topological polar surface area (TPSA) is 66.9 Å². The van der Waals surface area contributed by atoms with Gasteiger partial charge in [-0.3, -0.25) is 9.78 Å². The molecule has 1 fully saturated rings. The summed E-state index contributed by atoms with van der Waals surface area (Å²) < 4.78 is 0. The van der Waals surface area contributed by atoms with Crippen molar-refractivity contribution in [1.29, 1.82) is 0 Å². The van der Waals surface area contributed by atoms with Crippen LogP contribution in [0.2, 0.25) is 0 Å². The Morgan fingerprint density at radius 2 is 2.16 bits per heavy atom. The van der Waals surface area contributed by atoms with E-state index in [-0.39, 0.29) is 11.4 Å². The first-order valence-electron chi connectivity index (χ1n) is 7.07. The first kappa shape index (κ1) is 13.8. The molecular formula is C14H22N4O. The van der Waals surface area contributed by atoms with E-state index in [9.17, 15) is 4.79 Å². The van der Waals surface area contributed by atoms with Crippen molar-refractivity contribution < 1.29 is 4.79 Å². The van der Waals surface area contributed by atoms with Gasteiger partial charge in [-0.05, 0) is 32.1 Å². The average molecular weight is 262 g/mol. The van der Waals surface area contributed by atoms with Gasteiger partial charge in [-0.25, -0.2) is 4.98 Å². The minimum absolute atomic E-state index is 0.00832. The Labute approximate surface area is 114 Å². The van der Waals surface area contributed by atoms with Crippen molar-refractivity contribution >= 4 is 11.7 Å². The molecule has 2 rings (SSSR count). The van der Waals surface area contributed by atoms with Crippen LogP contribution in [0.1, 0.15) is 56.4 Å². The summed E-state index contributed by atoms with van der Waals surface area (Å²) >= 11 is 0. The maximum absolute atomic E-state index is 12.2. The van der Waals surface area contributed by atoms with Crippen molar-refractivity contribution in [2.75, 3.05) is 11.9 Å². The largest absolute Gasteiger partial charge is 0.369 e. The fourth-order valence-electron chi connectivity index (χ4n) is 2.29. The van der Waals surface area contributed by atoms with Crippen molar-refractivity contribution in [3.05, 3.63) is 18.1 Å². The van der Waals surface area contributed by atoms with E-state index >= 15 is 0 Å². The number of hydrogen-bond donors (Lipinski definition) is 2. The highest BCUT2D eigenvalue weighted by molar-refractivity contribution is 5.92. The molecule has 0 saturated heterocycles. The van der Waals surface area contributed by atoms with E-state index < -0.39 is 0 Å². The molecule has 0 bridgehead atoms. The Hall–Kier alpha value is -1.65. The van der Waals surface area contributed by atoms with Crippen LogP contribution < -0.4 is 10.6 Å². The predicted octanol–water partition coefficient (Wildman–Crippen LogP) is 2.36. The Bertz CT molecular complexity index is 437. The summed E-state index contributed by atoms with van der Waals surface area (Å²) in [6.45, 7) is 5.03. The van der Waals surface area contributed by atoms with Crippen LogP contribution in [0.4, 0.5) is 5.82 Å². The quantitative estimate of drug-likeness (QED) is 0.826. The van der Waals surface area contributed by atoms with Crippen LogP contribution in [0.5, 0.6) is 0 Å². The van der Waals surface area contributed by atoms with Gasteiger partial charge in [-0.2, -0.15) is 0 Å². The van der Waals surface area contributed by atoms with Crippen molar-refractivity contribution in [3.63, 3.8) is 0 Å². The molecule has 1 aliphatic carbocycles. The molecule has 0 spiro atoms. The molecule has 1 saturated carbocycles. The van der Waals surface area contributed by atoms with Gasteiger partial charge >= 0.3 is 0 Å². The first-order valence-corrected chi connectivity index (χ1v) is 7.07. The molecule has 1 heterocycles. The van der Waals surface area contributed by atoms with Crippen LogP contribution in [-0.4, -0.2) is 28.0 Å². The molecule has 19 heavy (non-hydrogen) atoms. The van der Waals surface area contributed by atoms with Crippen LogP contribution in [-0.2, 0) is 0 Å². The number of aromatic nitrogens is 2. The Morgan fingerprint density at radius 3 is 2.74 bits per heavy atom. The first-order chi connectivity index (χ1) is 9.19. The molecule has 5 heteroatoms. The number of carbonyl (C=O) groups excluding carboxylic acids is 1. The second kappa shape index (κ2) is 5.99. The number of anilines is 1. The summed E-state index contributed by atoms with van der Waals surface area (Å²) in [6, 6.07) is 0. The van der Waals surface area contributed by atoms with Gasteiger partial charge in [0.2, 0.25) is 0 Å². The maximum atomic E-state index is 12.2. The van der Waals surface area contributed by atoms with E-state index in [4.69, 9.17) is 0 Å². The molecule has 0 unspecified atom stereocenters. The van der Waals surface area contributed by atoms with Gasteiger partial charge in [0, 0.05) is 12.1 Å². The molecule has 104 valence electrons. The van der Waals surface area contributed by atoms with E-state index in [2.05, 4.69) is 34.4 Å². The number of carbonyl (C=O) groups is 1. The lowest BCUT2D eigenvalue weighted by molar-refractivity contribution is 0.0815. The van der Waals surface area contributed by atoms with E-state index in [0.29, 0.717) is 11.5 Å². The zero-order chi connectivity index (χ0) is 13.7. The standard InChI is InChI=1S/C14H22N4O/c1-3-8-16-12-10-15-9-11(17-12)13(19)18-14(4-2)6-5-7-14/h9-10H,3-8H2,1-2H3,(H,16,17)(H,18,19). The molecule has 0 aliphatic heterocycles. The van der Waals surface area contributed by atoms with Gasteiger partial charge in [-0.15, -0.1) is 0 Å². The van der Waals surface area contributed by atoms with Crippen molar-refractivity contribution in [3.8, 4) is 0 Å². The Morgan fingerprint density at radius 1 is 1.37 bits per heavy atom. The Kier molecular flexibility index (Phi) is 4.35. The Balaban J connectivity index is 2.02. The number of hydrogen-bond acceptors (Lipinski definition) is 4. The van der Waals surface area contributed by atoms with Gasteiger partial charge in [0.1, 0.15) is 11.5 Å². The van der Waals surface area contributed by atoms with Crippen LogP contribution >= 0.6 is 0 Å². The molecule has 1 aliphatic rings. The number of nitrogens with zero attached hydrogens (tertiary/aromatic N) is 2. The molecule has 5 nitrogen and oxygen atoms in total. The lowest BCUT2D eigenvalue weighted by Crippen LogP contribution is -2.53. The van der Waals surface area contributed by atoms with Crippen LogP contribution in [0.3, 0.4) is 0 Å². The van der Waals surface area contributed by atoms with Crippen LogP contribution in [0.25, 0.3) is 0 Å². The molecule has 0 aromatic carbocycles. The maximum Gasteiger partial charge on any atom is 0.272 e. The monoisotopic (exact) mass is 262 g/mol. The zero-order valence-electron chi connectivity index (χ0n) is 11.7. The molecule has 0 radical (unpaired) electrons. The number of amides is 1. The van der Waals surface area contributed by atoms with Crippen molar-refractivity contribution in [2.24, 2.45) is 0 Å². The minimum atomic E-state index is -0.116. The second-order valence-electron chi connectivity index (χ2n) is 5.16. The van der Waals surface area contributed by atoms with E-state index in [0.717, 1.165) is 32.2 Å². The normalized spacial score (nSPS) is 16.5. The smallest absolute Gasteiger partial charge is 0.272 e. The average Bonchev–Trinajstić information content (AvgIpc) is 2.40. The summed E-state index contributed by atoms with van der Waals surface area (Å²) in [4.78, 5) is 20.6. The van der Waals surface area contributed by atoms with E-state index in [1.54, 1.807) is 6.20 Å². The van der Waals surface area contributed by atoms with Gasteiger partial charge in [0.05, 0.1) is 12.4 Å². The molecular weight excluding hydrogens is 240 g/mol. The molecule has 2 N–H and O–H groups in total. The van der Waals surface area contributed by atoms with E-state index in [1.807, 2.05) is 0 Å². The van der Waals surface area contributed by atoms with Gasteiger partial charge in [0.15, 0.2) is 0 Å². The van der Waals surface area contributed by atoms with Crippen LogP contribution in [0, 0.1) is 0 Å². The summed E-state index contributed by atoms with van der Waals surface area (Å²) in [5, 5.41) is 6.25. The van der Waals surface area contributed by atoms with Gasteiger partial charge in [0.25, 0.3) is 5.91 Å². The van der Waals surface area contributed by atoms with Gasteiger partial charge < -0.3 is 10.6 Å². The SMILES string of the molecule is CCCNc1cncc(C(=O)NC2(CC)CCC2)n1. The lowest BCUT2D eigenvalue weighted by atomic mass is 9.75. The van der Waals surface area contributed by atoms with Gasteiger partial charge in [-0.1, -0.05) is 13.8 Å².